The van der Waals surface area contributed by atoms with Gasteiger partial charge in [-0.05, 0) is 23.7 Å². The summed E-state index contributed by atoms with van der Waals surface area (Å²) in [6, 6.07) is 0. The van der Waals surface area contributed by atoms with Crippen molar-refractivity contribution in [2.24, 2.45) is 5.92 Å². The van der Waals surface area contributed by atoms with E-state index in [9.17, 15) is 4.79 Å². The van der Waals surface area contributed by atoms with Crippen LogP contribution < -0.4 is 5.32 Å². The van der Waals surface area contributed by atoms with Crippen LogP contribution in [-0.2, 0) is 4.79 Å². The van der Waals surface area contributed by atoms with E-state index >= 15 is 0 Å². The van der Waals surface area contributed by atoms with Gasteiger partial charge in [-0.15, -0.1) is 0 Å². The normalized spacial score (nSPS) is 32.4. The van der Waals surface area contributed by atoms with Crippen LogP contribution in [0.1, 0.15) is 32.6 Å². The van der Waals surface area contributed by atoms with Crippen molar-refractivity contribution < 1.29 is 4.79 Å². The molecule has 1 N–H and O–H groups in total. The van der Waals surface area contributed by atoms with E-state index in [4.69, 9.17) is 12.2 Å². The van der Waals surface area contributed by atoms with Crippen molar-refractivity contribution in [3.63, 3.8) is 0 Å². The second-order valence-corrected chi connectivity index (χ2v) is 7.46. The maximum absolute atomic E-state index is 11.7. The third kappa shape index (κ3) is 2.09. The van der Waals surface area contributed by atoms with Gasteiger partial charge in [-0.25, -0.2) is 0 Å². The fourth-order valence-electron chi connectivity index (χ4n) is 2.52. The number of nitrogens with one attached hydrogen (secondary N) is 1. The molecule has 1 unspecified atom stereocenters. The fraction of sp³-hybridized carbons (Fsp3) is 0.500. The van der Waals surface area contributed by atoms with Crippen molar-refractivity contribution in [1.82, 2.24) is 5.32 Å². The second-order valence-electron chi connectivity index (χ2n) is 4.58. The molecule has 3 rings (SSSR count). The van der Waals surface area contributed by atoms with Crippen molar-refractivity contribution in [3.8, 4) is 0 Å². The van der Waals surface area contributed by atoms with Crippen molar-refractivity contribution in [1.29, 1.82) is 0 Å². The van der Waals surface area contributed by atoms with E-state index in [2.05, 4.69) is 12.2 Å². The van der Waals surface area contributed by atoms with Crippen molar-refractivity contribution in [2.45, 2.75) is 32.6 Å². The van der Waals surface area contributed by atoms with Crippen LogP contribution in [-0.4, -0.2) is 10.2 Å². The van der Waals surface area contributed by atoms with Crippen LogP contribution in [0.15, 0.2) is 20.3 Å². The highest BCUT2D eigenvalue weighted by atomic mass is 32.2. The van der Waals surface area contributed by atoms with Crippen LogP contribution in [0, 0.1) is 5.92 Å². The van der Waals surface area contributed by atoms with E-state index in [0.717, 1.165) is 17.2 Å². The number of allylic oxidation sites excluding steroid dienone is 3. The lowest BCUT2D eigenvalue weighted by atomic mass is 10.0. The van der Waals surface area contributed by atoms with Gasteiger partial charge in [-0.3, -0.25) is 4.79 Å². The average Bonchev–Trinajstić information content (AvgIpc) is 2.89. The fourth-order valence-corrected chi connectivity index (χ4v) is 5.12. The average molecular weight is 283 g/mol. The quantitative estimate of drug-likeness (QED) is 0.588. The minimum absolute atomic E-state index is 0.00397. The number of hydrogen-bond acceptors (Lipinski definition) is 4. The summed E-state index contributed by atoms with van der Waals surface area (Å²) in [4.78, 5) is 15.3. The molecule has 0 aromatic carbocycles. The highest BCUT2D eigenvalue weighted by Gasteiger charge is 2.34. The Balaban J connectivity index is 1.78. The molecule has 1 amide bonds. The molecule has 0 radical (unpaired) electrons. The summed E-state index contributed by atoms with van der Waals surface area (Å²) in [5.74, 6) is 0.834. The zero-order chi connectivity index (χ0) is 12.0. The highest BCUT2D eigenvalue weighted by Crippen LogP contribution is 2.54. The van der Waals surface area contributed by atoms with Crippen LogP contribution in [0.25, 0.3) is 0 Å². The SMILES string of the molecule is CCC1CC2=C(C1)SC(=C1SC(=S)NC1=O)C2. The predicted molar refractivity (Wildman–Crippen MR) is 77.6 cm³/mol. The molecular formula is C12H13NOS3. The van der Waals surface area contributed by atoms with E-state index in [1.54, 1.807) is 5.57 Å². The largest absolute Gasteiger partial charge is 0.307 e. The Morgan fingerprint density at radius 2 is 2.18 bits per heavy atom. The van der Waals surface area contributed by atoms with Crippen molar-refractivity contribution in [2.75, 3.05) is 0 Å². The van der Waals surface area contributed by atoms with E-state index in [-0.39, 0.29) is 5.91 Å². The van der Waals surface area contributed by atoms with Gasteiger partial charge in [0.15, 0.2) is 0 Å². The molecule has 0 aromatic heterocycles. The Hall–Kier alpha value is -0.260. The van der Waals surface area contributed by atoms with Crippen LogP contribution in [0.5, 0.6) is 0 Å². The minimum Gasteiger partial charge on any atom is -0.307 e. The molecule has 1 aliphatic carbocycles. The Kier molecular flexibility index (Phi) is 3.09. The van der Waals surface area contributed by atoms with E-state index in [1.807, 2.05) is 11.8 Å². The molecule has 17 heavy (non-hydrogen) atoms. The summed E-state index contributed by atoms with van der Waals surface area (Å²) < 4.78 is 0.594. The standard InChI is InChI=1S/C12H13NOS3/c1-2-6-3-7-5-9(16-8(7)4-6)10-11(14)13-12(15)17-10/h6H,2-5H2,1H3,(H,13,14,15). The number of hydrogen-bond donors (Lipinski definition) is 1. The summed E-state index contributed by atoms with van der Waals surface area (Å²) >= 11 is 8.26. The number of carbonyl (C=O) groups excluding carboxylic acids is 1. The molecule has 5 heteroatoms. The van der Waals surface area contributed by atoms with E-state index < -0.39 is 0 Å². The van der Waals surface area contributed by atoms with Gasteiger partial charge in [0.05, 0.1) is 4.91 Å². The molecule has 1 atom stereocenters. The second kappa shape index (κ2) is 4.44. The zero-order valence-corrected chi connectivity index (χ0v) is 12.0. The van der Waals surface area contributed by atoms with Crippen LogP contribution in [0.3, 0.4) is 0 Å². The first-order valence-electron chi connectivity index (χ1n) is 5.82. The molecule has 0 bridgehead atoms. The molecule has 0 aromatic rings. The monoisotopic (exact) mass is 283 g/mol. The number of amides is 1. The molecule has 2 heterocycles. The third-order valence-corrected chi connectivity index (χ3v) is 6.17. The van der Waals surface area contributed by atoms with Gasteiger partial charge in [0.2, 0.25) is 0 Å². The Morgan fingerprint density at radius 1 is 1.35 bits per heavy atom. The van der Waals surface area contributed by atoms with Gasteiger partial charge >= 0.3 is 0 Å². The molecule has 0 saturated carbocycles. The van der Waals surface area contributed by atoms with E-state index in [1.165, 1.54) is 40.8 Å². The van der Waals surface area contributed by atoms with Gasteiger partial charge < -0.3 is 5.32 Å². The third-order valence-electron chi connectivity index (χ3n) is 3.47. The minimum atomic E-state index is -0.00397. The Labute approximate surface area is 115 Å². The smallest absolute Gasteiger partial charge is 0.264 e. The van der Waals surface area contributed by atoms with Crippen LogP contribution >= 0.6 is 35.7 Å². The summed E-state index contributed by atoms with van der Waals surface area (Å²) in [5, 5.41) is 2.70. The molecule has 2 nitrogen and oxygen atoms in total. The van der Waals surface area contributed by atoms with E-state index in [0.29, 0.717) is 4.32 Å². The first-order valence-corrected chi connectivity index (χ1v) is 7.86. The first-order chi connectivity index (χ1) is 8.17. The predicted octanol–water partition coefficient (Wildman–Crippen LogP) is 3.56. The first kappa shape index (κ1) is 11.8. The molecule has 90 valence electrons. The summed E-state index contributed by atoms with van der Waals surface area (Å²) in [6.07, 6.45) is 4.68. The van der Waals surface area contributed by atoms with Gasteiger partial charge in [0, 0.05) is 11.3 Å². The number of rotatable bonds is 1. The molecular weight excluding hydrogens is 270 g/mol. The van der Waals surface area contributed by atoms with Crippen molar-refractivity contribution in [3.05, 3.63) is 20.3 Å². The number of carbonyl (C=O) groups is 1. The summed E-state index contributed by atoms with van der Waals surface area (Å²) in [5.41, 5.74) is 1.57. The molecule has 2 aliphatic heterocycles. The number of thioether (sulfide) groups is 2. The molecule has 1 saturated heterocycles. The van der Waals surface area contributed by atoms with Crippen LogP contribution in [0.4, 0.5) is 0 Å². The lowest BCUT2D eigenvalue weighted by Crippen LogP contribution is -2.18. The van der Waals surface area contributed by atoms with Crippen LogP contribution in [0.2, 0.25) is 0 Å². The zero-order valence-electron chi connectivity index (χ0n) is 9.54. The molecule has 0 spiro atoms. The topological polar surface area (TPSA) is 29.1 Å². The maximum Gasteiger partial charge on any atom is 0.264 e. The lowest BCUT2D eigenvalue weighted by molar-refractivity contribution is -0.115. The lowest BCUT2D eigenvalue weighted by Gasteiger charge is -2.09. The van der Waals surface area contributed by atoms with Gasteiger partial charge in [0.25, 0.3) is 5.91 Å². The van der Waals surface area contributed by atoms with Crippen molar-refractivity contribution >= 4 is 46.0 Å². The summed E-state index contributed by atoms with van der Waals surface area (Å²) in [6.45, 7) is 2.26. The Bertz CT molecular complexity index is 458. The van der Waals surface area contributed by atoms with Gasteiger partial charge in [-0.1, -0.05) is 54.7 Å². The Morgan fingerprint density at radius 3 is 2.76 bits per heavy atom. The molecule has 1 fully saturated rings. The highest BCUT2D eigenvalue weighted by molar-refractivity contribution is 8.27. The maximum atomic E-state index is 11.7. The van der Waals surface area contributed by atoms with Gasteiger partial charge in [0.1, 0.15) is 4.32 Å². The van der Waals surface area contributed by atoms with Gasteiger partial charge in [-0.2, -0.15) is 0 Å². The molecule has 3 aliphatic rings. The number of thiocarbonyl (C=S) groups is 1. The summed E-state index contributed by atoms with van der Waals surface area (Å²) in [7, 11) is 0.